The zero-order chi connectivity index (χ0) is 9.14. The number of nitrogen functional groups attached to an aromatic ring is 1. The predicted octanol–water partition coefficient (Wildman–Crippen LogP) is -0.466. The Morgan fingerprint density at radius 1 is 1.50 bits per heavy atom. The summed E-state index contributed by atoms with van der Waals surface area (Å²) < 4.78 is 5.05. The average Bonchev–Trinajstić information content (AvgIpc) is 1.81. The molecule has 0 aliphatic heterocycles. The summed E-state index contributed by atoms with van der Waals surface area (Å²) in [6, 6.07) is 0.00579. The summed E-state index contributed by atoms with van der Waals surface area (Å²) in [7, 11) is 0. The fourth-order valence-corrected chi connectivity index (χ4v) is 0.644. The van der Waals surface area contributed by atoms with Crippen LogP contribution in [0.25, 0.3) is 0 Å². The van der Waals surface area contributed by atoms with Crippen molar-refractivity contribution in [3.63, 3.8) is 0 Å². The molecule has 66 valence electrons. The van der Waals surface area contributed by atoms with Gasteiger partial charge in [0.15, 0.2) is 0 Å². The normalized spacial score (nSPS) is 10.2. The van der Waals surface area contributed by atoms with Crippen LogP contribution < -0.4 is 16.2 Å². The minimum atomic E-state index is -0.557. The van der Waals surface area contributed by atoms with E-state index < -0.39 is 5.69 Å². The molecule has 1 aromatic heterocycles. The molecule has 1 heterocycles. The quantitative estimate of drug-likeness (QED) is 0.626. The van der Waals surface area contributed by atoms with Crippen LogP contribution in [0.4, 0.5) is 5.95 Å². The van der Waals surface area contributed by atoms with Gasteiger partial charge in [0.05, 0.1) is 6.10 Å². The number of H-pyrrole nitrogens is 1. The number of hydrogen-bond donors (Lipinski definition) is 2. The highest BCUT2D eigenvalue weighted by Crippen LogP contribution is 2.00. The molecular formula is C6H10N4O2. The number of anilines is 1. The number of nitrogens with zero attached hydrogens (tertiary/aromatic N) is 2. The maximum absolute atomic E-state index is 10.7. The Morgan fingerprint density at radius 3 is 2.67 bits per heavy atom. The average molecular weight is 170 g/mol. The van der Waals surface area contributed by atoms with E-state index in [9.17, 15) is 4.79 Å². The molecule has 0 saturated carbocycles. The topological polar surface area (TPSA) is 93.9 Å². The summed E-state index contributed by atoms with van der Waals surface area (Å²) in [4.78, 5) is 20.0. The predicted molar refractivity (Wildman–Crippen MR) is 42.8 cm³/mol. The van der Waals surface area contributed by atoms with Crippen molar-refractivity contribution in [3.05, 3.63) is 10.5 Å². The molecule has 0 aliphatic carbocycles. The highest BCUT2D eigenvalue weighted by Gasteiger charge is 2.02. The number of rotatable bonds is 2. The molecule has 1 rings (SSSR count). The van der Waals surface area contributed by atoms with Crippen molar-refractivity contribution in [2.24, 2.45) is 0 Å². The molecule has 0 radical (unpaired) electrons. The van der Waals surface area contributed by atoms with Crippen LogP contribution in [0.2, 0.25) is 0 Å². The zero-order valence-corrected chi connectivity index (χ0v) is 6.87. The lowest BCUT2D eigenvalue weighted by Crippen LogP contribution is -2.18. The molecule has 0 amide bonds. The summed E-state index contributed by atoms with van der Waals surface area (Å²) in [6.45, 7) is 3.61. The summed E-state index contributed by atoms with van der Waals surface area (Å²) in [6.07, 6.45) is -0.0776. The monoisotopic (exact) mass is 170 g/mol. The summed E-state index contributed by atoms with van der Waals surface area (Å²) in [5, 5.41) is 0. The van der Waals surface area contributed by atoms with Crippen LogP contribution >= 0.6 is 0 Å². The van der Waals surface area contributed by atoms with E-state index in [4.69, 9.17) is 10.5 Å². The van der Waals surface area contributed by atoms with E-state index in [2.05, 4.69) is 15.0 Å². The Labute approximate surface area is 68.8 Å². The first-order valence-corrected chi connectivity index (χ1v) is 3.48. The van der Waals surface area contributed by atoms with Crippen molar-refractivity contribution >= 4 is 5.95 Å². The summed E-state index contributed by atoms with van der Waals surface area (Å²) in [5.74, 6) is 0.00523. The SMILES string of the molecule is CC(C)Oc1nc(N)[nH]c(=O)n1. The molecule has 0 saturated heterocycles. The lowest BCUT2D eigenvalue weighted by molar-refractivity contribution is 0.221. The smallest absolute Gasteiger partial charge is 0.352 e. The van der Waals surface area contributed by atoms with Crippen LogP contribution in [0.15, 0.2) is 4.79 Å². The molecule has 0 unspecified atom stereocenters. The third-order valence-corrected chi connectivity index (χ3v) is 0.989. The number of ether oxygens (including phenoxy) is 1. The first kappa shape index (κ1) is 8.51. The van der Waals surface area contributed by atoms with Crippen LogP contribution in [-0.2, 0) is 0 Å². The van der Waals surface area contributed by atoms with Crippen LogP contribution in [0.1, 0.15) is 13.8 Å². The molecule has 12 heavy (non-hydrogen) atoms. The zero-order valence-electron chi connectivity index (χ0n) is 6.87. The first-order chi connectivity index (χ1) is 5.58. The maximum atomic E-state index is 10.7. The molecule has 0 fully saturated rings. The lowest BCUT2D eigenvalue weighted by atomic mass is 10.5. The van der Waals surface area contributed by atoms with Gasteiger partial charge in [-0.1, -0.05) is 0 Å². The van der Waals surface area contributed by atoms with Gasteiger partial charge in [-0.2, -0.15) is 4.98 Å². The van der Waals surface area contributed by atoms with Gasteiger partial charge >= 0.3 is 11.7 Å². The van der Waals surface area contributed by atoms with E-state index in [0.29, 0.717) is 0 Å². The van der Waals surface area contributed by atoms with Gasteiger partial charge in [0.2, 0.25) is 5.95 Å². The molecule has 0 aliphatic rings. The Morgan fingerprint density at radius 2 is 2.17 bits per heavy atom. The number of aromatic amines is 1. The van der Waals surface area contributed by atoms with Crippen LogP contribution in [0.5, 0.6) is 6.01 Å². The minimum absolute atomic E-state index is 0.00523. The van der Waals surface area contributed by atoms with E-state index in [-0.39, 0.29) is 18.1 Å². The van der Waals surface area contributed by atoms with Crippen LogP contribution in [-0.4, -0.2) is 21.1 Å². The highest BCUT2D eigenvalue weighted by molar-refractivity contribution is 5.14. The van der Waals surface area contributed by atoms with Gasteiger partial charge in [-0.15, -0.1) is 4.98 Å². The van der Waals surface area contributed by atoms with Crippen molar-refractivity contribution in [1.29, 1.82) is 0 Å². The lowest BCUT2D eigenvalue weighted by Gasteiger charge is -2.05. The van der Waals surface area contributed by atoms with E-state index in [0.717, 1.165) is 0 Å². The van der Waals surface area contributed by atoms with Crippen molar-refractivity contribution < 1.29 is 4.74 Å². The largest absolute Gasteiger partial charge is 0.461 e. The molecule has 6 nitrogen and oxygen atoms in total. The number of nitrogens with two attached hydrogens (primary N) is 1. The first-order valence-electron chi connectivity index (χ1n) is 3.48. The van der Waals surface area contributed by atoms with E-state index in [1.54, 1.807) is 13.8 Å². The molecule has 3 N–H and O–H groups in total. The maximum Gasteiger partial charge on any atom is 0.352 e. The molecular weight excluding hydrogens is 160 g/mol. The Balaban J connectivity index is 2.93. The van der Waals surface area contributed by atoms with Crippen LogP contribution in [0.3, 0.4) is 0 Å². The number of hydrogen-bond acceptors (Lipinski definition) is 5. The third-order valence-electron chi connectivity index (χ3n) is 0.989. The van der Waals surface area contributed by atoms with Crippen molar-refractivity contribution in [2.75, 3.05) is 5.73 Å². The summed E-state index contributed by atoms with van der Waals surface area (Å²) >= 11 is 0. The third kappa shape index (κ3) is 2.22. The summed E-state index contributed by atoms with van der Waals surface area (Å²) in [5.41, 5.74) is 4.69. The molecule has 0 aromatic carbocycles. The fraction of sp³-hybridized carbons (Fsp3) is 0.500. The number of nitrogens with one attached hydrogen (secondary N) is 1. The van der Waals surface area contributed by atoms with Crippen molar-refractivity contribution in [2.45, 2.75) is 20.0 Å². The van der Waals surface area contributed by atoms with Gasteiger partial charge in [-0.3, -0.25) is 4.98 Å². The van der Waals surface area contributed by atoms with E-state index >= 15 is 0 Å². The molecule has 6 heteroatoms. The number of aromatic nitrogens is 3. The van der Waals surface area contributed by atoms with E-state index in [1.807, 2.05) is 0 Å². The van der Waals surface area contributed by atoms with Gasteiger partial charge in [0.1, 0.15) is 0 Å². The fourth-order valence-electron chi connectivity index (χ4n) is 0.644. The van der Waals surface area contributed by atoms with Gasteiger partial charge < -0.3 is 10.5 Å². The Bertz CT molecular complexity index is 320. The van der Waals surface area contributed by atoms with Gasteiger partial charge in [0, 0.05) is 0 Å². The van der Waals surface area contributed by atoms with Crippen molar-refractivity contribution in [3.8, 4) is 6.01 Å². The van der Waals surface area contributed by atoms with Gasteiger partial charge in [-0.05, 0) is 13.8 Å². The van der Waals surface area contributed by atoms with Gasteiger partial charge in [0.25, 0.3) is 0 Å². The molecule has 0 spiro atoms. The second-order valence-corrected chi connectivity index (χ2v) is 2.49. The Hall–Kier alpha value is -1.59. The molecule has 0 bridgehead atoms. The molecule has 1 aromatic rings. The minimum Gasteiger partial charge on any atom is -0.461 e. The Kier molecular flexibility index (Phi) is 2.27. The van der Waals surface area contributed by atoms with Gasteiger partial charge in [-0.25, -0.2) is 4.79 Å². The highest BCUT2D eigenvalue weighted by atomic mass is 16.5. The van der Waals surface area contributed by atoms with E-state index in [1.165, 1.54) is 0 Å². The second-order valence-electron chi connectivity index (χ2n) is 2.49. The van der Waals surface area contributed by atoms with Crippen LogP contribution in [0, 0.1) is 0 Å². The standard InChI is InChI=1S/C6H10N4O2/c1-3(2)12-6-9-4(7)8-5(11)10-6/h3H,1-2H3,(H3,7,8,9,10,11). The van der Waals surface area contributed by atoms with Crippen molar-refractivity contribution in [1.82, 2.24) is 15.0 Å². The second kappa shape index (κ2) is 3.21. The molecule has 0 atom stereocenters.